The molecule has 0 radical (unpaired) electrons. The lowest BCUT2D eigenvalue weighted by atomic mass is 10.0. The van der Waals surface area contributed by atoms with Gasteiger partial charge in [-0.05, 0) is 44.6 Å². The van der Waals surface area contributed by atoms with Crippen molar-refractivity contribution >= 4 is 35.9 Å². The molecule has 3 atom stereocenters. The van der Waals surface area contributed by atoms with Crippen LogP contribution in [0, 0.1) is 5.92 Å². The lowest BCUT2D eigenvalue weighted by Gasteiger charge is -2.24. The lowest BCUT2D eigenvalue weighted by Crippen LogP contribution is -2.56. The highest BCUT2D eigenvalue weighted by Crippen LogP contribution is 2.07. The zero-order chi connectivity index (χ0) is 26.1. The number of hydrogen-bond acceptors (Lipinski definition) is 8. The maximum absolute atomic E-state index is 12.9. The Bertz CT molecular complexity index is 701. The first-order valence-electron chi connectivity index (χ1n) is 11.3. The van der Waals surface area contributed by atoms with Crippen LogP contribution in [0.5, 0.6) is 0 Å². The molecule has 0 unspecified atom stereocenters. The number of hydrogen-bond donors (Lipinski definition) is 7. The summed E-state index contributed by atoms with van der Waals surface area (Å²) in [7, 11) is 0. The SMILES string of the molecule is CC(C)C[C@H](N)C(=O)N[C@@H](CCCCN)C(=O)N[C@@H](CCC(=O)O)C(=O)NCC(=O)NCC=O. The molecule has 0 aromatic heterocycles. The highest BCUT2D eigenvalue weighted by Gasteiger charge is 2.28. The highest BCUT2D eigenvalue weighted by molar-refractivity contribution is 5.94. The Morgan fingerprint density at radius 3 is 2.09 bits per heavy atom. The van der Waals surface area contributed by atoms with Crippen LogP contribution in [-0.2, 0) is 28.8 Å². The molecule has 0 fully saturated rings. The molecule has 0 heterocycles. The van der Waals surface area contributed by atoms with Crippen molar-refractivity contribution in [2.45, 2.75) is 70.5 Å². The lowest BCUT2D eigenvalue weighted by molar-refractivity contribution is -0.138. The van der Waals surface area contributed by atoms with Crippen LogP contribution in [-0.4, -0.2) is 78.8 Å². The van der Waals surface area contributed by atoms with Crippen LogP contribution in [0.15, 0.2) is 0 Å². The van der Waals surface area contributed by atoms with Gasteiger partial charge in [-0.15, -0.1) is 0 Å². The largest absolute Gasteiger partial charge is 0.481 e. The average molecular weight is 487 g/mol. The van der Waals surface area contributed by atoms with Crippen LogP contribution in [0.4, 0.5) is 0 Å². The molecule has 13 nitrogen and oxygen atoms in total. The number of carbonyl (C=O) groups is 6. The van der Waals surface area contributed by atoms with Gasteiger partial charge in [-0.1, -0.05) is 13.8 Å². The van der Waals surface area contributed by atoms with Crippen LogP contribution < -0.4 is 32.7 Å². The smallest absolute Gasteiger partial charge is 0.303 e. The van der Waals surface area contributed by atoms with E-state index in [0.29, 0.717) is 32.1 Å². The van der Waals surface area contributed by atoms with E-state index >= 15 is 0 Å². The number of nitrogens with two attached hydrogens (primary N) is 2. The minimum absolute atomic E-state index is 0.165. The number of rotatable bonds is 18. The zero-order valence-corrected chi connectivity index (χ0v) is 19.8. The number of unbranched alkanes of at least 4 members (excludes halogenated alkanes) is 1. The standard InChI is InChI=1S/C21H38N6O7/c1-13(2)11-14(23)19(32)26-15(5-3-4-8-22)21(34)27-16(6-7-18(30)31)20(33)25-12-17(29)24-9-10-28/h10,13-16H,3-9,11-12,22-23H2,1-2H3,(H,24,29)(H,25,33)(H,26,32)(H,27,34)(H,30,31)/t14-,15-,16-/m0/s1. The van der Waals surface area contributed by atoms with E-state index in [0.717, 1.165) is 0 Å². The van der Waals surface area contributed by atoms with Crippen molar-refractivity contribution in [3.05, 3.63) is 0 Å². The summed E-state index contributed by atoms with van der Waals surface area (Å²) in [5, 5.41) is 18.6. The molecule has 194 valence electrons. The second-order valence-electron chi connectivity index (χ2n) is 8.26. The van der Waals surface area contributed by atoms with E-state index < -0.39 is 60.7 Å². The van der Waals surface area contributed by atoms with Crippen LogP contribution >= 0.6 is 0 Å². The van der Waals surface area contributed by atoms with Crippen LogP contribution in [0.2, 0.25) is 0 Å². The molecule has 9 N–H and O–H groups in total. The highest BCUT2D eigenvalue weighted by atomic mass is 16.4. The summed E-state index contributed by atoms with van der Waals surface area (Å²) in [4.78, 5) is 70.8. The van der Waals surface area contributed by atoms with E-state index in [1.807, 2.05) is 13.8 Å². The fraction of sp³-hybridized carbons (Fsp3) is 0.714. The molecule has 4 amide bonds. The van der Waals surface area contributed by atoms with E-state index in [1.54, 1.807) is 0 Å². The maximum atomic E-state index is 12.9. The number of carbonyl (C=O) groups excluding carboxylic acids is 5. The first-order valence-corrected chi connectivity index (χ1v) is 11.3. The molecule has 0 aromatic carbocycles. The maximum Gasteiger partial charge on any atom is 0.303 e. The van der Waals surface area contributed by atoms with Gasteiger partial charge in [-0.25, -0.2) is 0 Å². The van der Waals surface area contributed by atoms with Crippen LogP contribution in [0.1, 0.15) is 52.4 Å². The average Bonchev–Trinajstić information content (AvgIpc) is 2.77. The number of carboxylic acids is 1. The van der Waals surface area contributed by atoms with Gasteiger partial charge < -0.3 is 42.6 Å². The second kappa shape index (κ2) is 17.4. The molecular formula is C21H38N6O7. The van der Waals surface area contributed by atoms with Gasteiger partial charge in [0.1, 0.15) is 18.4 Å². The normalized spacial score (nSPS) is 13.3. The summed E-state index contributed by atoms with van der Waals surface area (Å²) in [6.07, 6.45) is 1.61. The summed E-state index contributed by atoms with van der Waals surface area (Å²) < 4.78 is 0. The molecule has 0 rings (SSSR count). The van der Waals surface area contributed by atoms with Crippen molar-refractivity contribution in [1.82, 2.24) is 21.3 Å². The summed E-state index contributed by atoms with van der Waals surface area (Å²) >= 11 is 0. The van der Waals surface area contributed by atoms with Crippen molar-refractivity contribution < 1.29 is 33.9 Å². The van der Waals surface area contributed by atoms with Gasteiger partial charge >= 0.3 is 5.97 Å². The number of nitrogens with one attached hydrogen (secondary N) is 4. The Hall–Kier alpha value is -3.06. The van der Waals surface area contributed by atoms with Gasteiger partial charge in [-0.2, -0.15) is 0 Å². The Morgan fingerprint density at radius 2 is 1.53 bits per heavy atom. The number of aliphatic carboxylic acids is 1. The molecule has 0 aliphatic rings. The molecule has 0 saturated carbocycles. The van der Waals surface area contributed by atoms with Crippen molar-refractivity contribution in [3.63, 3.8) is 0 Å². The number of amides is 4. The van der Waals surface area contributed by atoms with Gasteiger partial charge in [0.25, 0.3) is 0 Å². The third kappa shape index (κ3) is 14.2. The Balaban J connectivity index is 5.31. The molecule has 0 aliphatic heterocycles. The van der Waals surface area contributed by atoms with Crippen molar-refractivity contribution in [2.75, 3.05) is 19.6 Å². The van der Waals surface area contributed by atoms with Crippen molar-refractivity contribution in [3.8, 4) is 0 Å². The van der Waals surface area contributed by atoms with Gasteiger partial charge in [0.15, 0.2) is 0 Å². The summed E-state index contributed by atoms with van der Waals surface area (Å²) in [5.41, 5.74) is 11.4. The predicted octanol–water partition coefficient (Wildman–Crippen LogP) is -2.25. The minimum Gasteiger partial charge on any atom is -0.481 e. The van der Waals surface area contributed by atoms with Gasteiger partial charge in [-0.3, -0.25) is 24.0 Å². The Kier molecular flexibility index (Phi) is 15.9. The molecule has 0 spiro atoms. The van der Waals surface area contributed by atoms with E-state index in [4.69, 9.17) is 16.6 Å². The molecule has 34 heavy (non-hydrogen) atoms. The summed E-state index contributed by atoms with van der Waals surface area (Å²) in [6.45, 7) is 3.52. The third-order valence-corrected chi connectivity index (χ3v) is 4.73. The van der Waals surface area contributed by atoms with Crippen LogP contribution in [0.3, 0.4) is 0 Å². The van der Waals surface area contributed by atoms with E-state index in [9.17, 15) is 28.8 Å². The molecular weight excluding hydrogens is 448 g/mol. The number of carboxylic acid groups (broad SMARTS) is 1. The van der Waals surface area contributed by atoms with E-state index in [-0.39, 0.29) is 25.3 Å². The molecule has 13 heteroatoms. The fourth-order valence-corrected chi connectivity index (χ4v) is 2.97. The third-order valence-electron chi connectivity index (χ3n) is 4.73. The molecule has 0 aromatic rings. The molecule has 0 aliphatic carbocycles. The van der Waals surface area contributed by atoms with Gasteiger partial charge in [0.05, 0.1) is 19.1 Å². The first-order chi connectivity index (χ1) is 16.0. The Morgan fingerprint density at radius 1 is 0.912 bits per heavy atom. The summed E-state index contributed by atoms with van der Waals surface area (Å²) in [6, 6.07) is -3.09. The van der Waals surface area contributed by atoms with Crippen molar-refractivity contribution in [2.24, 2.45) is 17.4 Å². The minimum atomic E-state index is -1.26. The van der Waals surface area contributed by atoms with E-state index in [1.165, 1.54) is 0 Å². The quantitative estimate of drug-likeness (QED) is 0.0820. The van der Waals surface area contributed by atoms with Gasteiger partial charge in [0.2, 0.25) is 23.6 Å². The fourth-order valence-electron chi connectivity index (χ4n) is 2.97. The Labute approximate surface area is 199 Å². The first kappa shape index (κ1) is 30.9. The van der Waals surface area contributed by atoms with Gasteiger partial charge in [0, 0.05) is 6.42 Å². The monoisotopic (exact) mass is 486 g/mol. The zero-order valence-electron chi connectivity index (χ0n) is 19.8. The molecule has 0 bridgehead atoms. The molecule has 0 saturated heterocycles. The van der Waals surface area contributed by atoms with Crippen molar-refractivity contribution in [1.29, 1.82) is 0 Å². The summed E-state index contributed by atoms with van der Waals surface area (Å²) in [5.74, 6) is -3.62. The number of aldehydes is 1. The van der Waals surface area contributed by atoms with E-state index in [2.05, 4.69) is 21.3 Å². The predicted molar refractivity (Wildman–Crippen MR) is 123 cm³/mol. The second-order valence-corrected chi connectivity index (χ2v) is 8.26. The van der Waals surface area contributed by atoms with Crippen LogP contribution in [0.25, 0.3) is 0 Å². The topological polar surface area (TPSA) is 223 Å².